The van der Waals surface area contributed by atoms with Crippen LogP contribution >= 0.6 is 23.5 Å². The van der Waals surface area contributed by atoms with E-state index in [1.165, 1.54) is 27.0 Å². The first-order chi connectivity index (χ1) is 27.6. The molecule has 2 amide bonds. The standard InChI is InChI=1S/C24H30BNO4S.C19H18F3NO4S2/c1-22(2,3)28-21(27)26-17-11-12-19-16(14-17)13-15-9-8-10-18(20(15)31-19)25-29-23(4,5)24(6,7)30-25;1-18(2,3)27-17(24)23-13-7-8-14-12(10-13)9-11-5-4-6-15(16(11)28-14)29(25,26)19(20,21)22/h8-12,14H,13H2,1-7H3,(H,26,27);4-8,10H,9H2,1-3H3,(H,23,24). The van der Waals surface area contributed by atoms with Gasteiger partial charge in [0.05, 0.1) is 16.1 Å². The number of benzene rings is 4. The molecule has 1 fully saturated rings. The zero-order valence-electron chi connectivity index (χ0n) is 35.0. The van der Waals surface area contributed by atoms with Gasteiger partial charge in [-0.15, -0.1) is 0 Å². The molecule has 3 aliphatic rings. The molecule has 0 aliphatic carbocycles. The summed E-state index contributed by atoms with van der Waals surface area (Å²) in [5, 5.41) is 5.45. The molecule has 0 radical (unpaired) electrons. The molecule has 60 heavy (non-hydrogen) atoms. The first-order valence-electron chi connectivity index (χ1n) is 19.1. The summed E-state index contributed by atoms with van der Waals surface area (Å²) in [5.41, 5.74) is -1.38. The molecule has 0 bridgehead atoms. The van der Waals surface area contributed by atoms with E-state index in [0.29, 0.717) is 16.1 Å². The van der Waals surface area contributed by atoms with E-state index < -0.39 is 43.6 Å². The Hall–Kier alpha value is -4.16. The molecule has 320 valence electrons. The quantitative estimate of drug-likeness (QED) is 0.165. The van der Waals surface area contributed by atoms with Gasteiger partial charge in [-0.2, -0.15) is 13.2 Å². The number of carbonyl (C=O) groups excluding carboxylic acids is 2. The van der Waals surface area contributed by atoms with Gasteiger partial charge in [-0.1, -0.05) is 53.9 Å². The molecule has 1 saturated heterocycles. The zero-order valence-corrected chi connectivity index (χ0v) is 37.5. The Morgan fingerprint density at radius 1 is 0.667 bits per heavy atom. The summed E-state index contributed by atoms with van der Waals surface area (Å²) in [5.74, 6) is 0. The molecular formula is C43H48BF3N2O8S3. The van der Waals surface area contributed by atoms with Gasteiger partial charge in [0, 0.05) is 31.0 Å². The van der Waals surface area contributed by atoms with Gasteiger partial charge in [0.2, 0.25) is 0 Å². The van der Waals surface area contributed by atoms with Gasteiger partial charge >= 0.3 is 24.8 Å². The van der Waals surface area contributed by atoms with Crippen LogP contribution in [-0.4, -0.2) is 55.6 Å². The lowest BCUT2D eigenvalue weighted by atomic mass is 9.77. The monoisotopic (exact) mass is 884 g/mol. The topological polar surface area (TPSA) is 129 Å². The largest absolute Gasteiger partial charge is 0.501 e. The summed E-state index contributed by atoms with van der Waals surface area (Å²) in [6.45, 7) is 19.1. The van der Waals surface area contributed by atoms with Crippen molar-refractivity contribution in [3.05, 3.63) is 95.1 Å². The predicted molar refractivity (Wildman–Crippen MR) is 228 cm³/mol. The fourth-order valence-corrected chi connectivity index (χ4v) is 10.0. The average Bonchev–Trinajstić information content (AvgIpc) is 3.32. The van der Waals surface area contributed by atoms with Gasteiger partial charge in [-0.3, -0.25) is 10.6 Å². The normalized spacial score (nSPS) is 16.5. The second-order valence-corrected chi connectivity index (χ2v) is 21.6. The van der Waals surface area contributed by atoms with Crippen LogP contribution in [0.1, 0.15) is 91.5 Å². The number of rotatable bonds is 4. The molecule has 3 heterocycles. The minimum absolute atomic E-state index is 0.0742. The van der Waals surface area contributed by atoms with Crippen molar-refractivity contribution in [2.45, 2.75) is 134 Å². The van der Waals surface area contributed by atoms with E-state index in [1.807, 2.05) is 32.9 Å². The Balaban J connectivity index is 0.000000202. The summed E-state index contributed by atoms with van der Waals surface area (Å²) >= 11 is 2.70. The highest BCUT2D eigenvalue weighted by atomic mass is 32.2. The van der Waals surface area contributed by atoms with E-state index in [2.05, 4.69) is 62.6 Å². The third-order valence-corrected chi connectivity index (χ3v) is 14.2. The zero-order chi connectivity index (χ0) is 44.2. The third-order valence-electron chi connectivity index (χ3n) is 9.89. The number of fused-ring (bicyclic) bond motifs is 4. The molecule has 3 aliphatic heterocycles. The number of nitrogens with one attached hydrogen (secondary N) is 2. The maximum absolute atomic E-state index is 13.0. The van der Waals surface area contributed by atoms with Gasteiger partial charge in [0.25, 0.3) is 9.84 Å². The Labute approximate surface area is 358 Å². The van der Waals surface area contributed by atoms with Gasteiger partial charge in [-0.05, 0) is 152 Å². The van der Waals surface area contributed by atoms with Gasteiger partial charge in [0.1, 0.15) is 11.2 Å². The van der Waals surface area contributed by atoms with Crippen molar-refractivity contribution >= 4 is 69.5 Å². The summed E-state index contributed by atoms with van der Waals surface area (Å²) in [4.78, 5) is 26.4. The molecule has 2 N–H and O–H groups in total. The van der Waals surface area contributed by atoms with Crippen LogP contribution in [0.5, 0.6) is 0 Å². The molecule has 0 unspecified atom stereocenters. The smallest absolute Gasteiger partial charge is 0.444 e. The van der Waals surface area contributed by atoms with Crippen LogP contribution in [0.4, 0.5) is 34.1 Å². The lowest BCUT2D eigenvalue weighted by molar-refractivity contribution is -0.0437. The molecule has 0 aromatic heterocycles. The van der Waals surface area contributed by atoms with Crippen molar-refractivity contribution in [3.63, 3.8) is 0 Å². The van der Waals surface area contributed by atoms with E-state index in [1.54, 1.807) is 56.8 Å². The number of carbonyl (C=O) groups is 2. The minimum atomic E-state index is -5.46. The summed E-state index contributed by atoms with van der Waals surface area (Å²) in [7, 11) is -5.84. The molecule has 10 nitrogen and oxygen atoms in total. The molecule has 0 atom stereocenters. The third kappa shape index (κ3) is 10.1. The van der Waals surface area contributed by atoms with Crippen molar-refractivity contribution in [3.8, 4) is 0 Å². The fraction of sp³-hybridized carbons (Fsp3) is 0.395. The lowest BCUT2D eigenvalue weighted by Gasteiger charge is -2.32. The second kappa shape index (κ2) is 16.3. The number of hydrogen-bond acceptors (Lipinski definition) is 10. The maximum atomic E-state index is 13.0. The highest BCUT2D eigenvalue weighted by Crippen LogP contribution is 2.46. The van der Waals surface area contributed by atoms with Crippen LogP contribution in [0.25, 0.3) is 0 Å². The van der Waals surface area contributed by atoms with E-state index in [9.17, 15) is 31.2 Å². The predicted octanol–water partition coefficient (Wildman–Crippen LogP) is 10.8. The number of anilines is 2. The van der Waals surface area contributed by atoms with Crippen molar-refractivity contribution in [2.24, 2.45) is 0 Å². The molecule has 7 rings (SSSR count). The van der Waals surface area contributed by atoms with Gasteiger partial charge in [-0.25, -0.2) is 18.0 Å². The van der Waals surface area contributed by atoms with E-state index in [-0.39, 0.29) is 29.6 Å². The SMILES string of the molecule is CC(C)(C)OC(=O)Nc1ccc2c(c1)Cc1cccc(B3OC(C)(C)C(C)(C)O3)c1S2.CC(C)(C)OC(=O)Nc1ccc2c(c1)Cc1cccc(S(=O)(=O)C(F)(F)F)c1S2. The Morgan fingerprint density at radius 3 is 1.55 bits per heavy atom. The van der Waals surface area contributed by atoms with Crippen LogP contribution in [0.3, 0.4) is 0 Å². The van der Waals surface area contributed by atoms with Crippen molar-refractivity contribution in [1.82, 2.24) is 0 Å². The number of ether oxygens (including phenoxy) is 2. The van der Waals surface area contributed by atoms with Crippen LogP contribution in [0.2, 0.25) is 0 Å². The number of amides is 2. The minimum Gasteiger partial charge on any atom is -0.444 e. The molecule has 4 aromatic carbocycles. The van der Waals surface area contributed by atoms with Crippen molar-refractivity contribution < 1.29 is 50.0 Å². The molecule has 4 aromatic rings. The van der Waals surface area contributed by atoms with E-state index in [4.69, 9.17) is 18.8 Å². The number of hydrogen-bond donors (Lipinski definition) is 2. The molecule has 0 spiro atoms. The van der Waals surface area contributed by atoms with Crippen LogP contribution in [-0.2, 0) is 41.5 Å². The first kappa shape index (κ1) is 45.4. The van der Waals surface area contributed by atoms with Crippen molar-refractivity contribution in [1.29, 1.82) is 0 Å². The van der Waals surface area contributed by atoms with E-state index in [0.717, 1.165) is 41.0 Å². The Bertz CT molecular complexity index is 2430. The lowest BCUT2D eigenvalue weighted by Crippen LogP contribution is -2.41. The number of halogens is 3. The van der Waals surface area contributed by atoms with E-state index >= 15 is 0 Å². The maximum Gasteiger partial charge on any atom is 0.501 e. The molecule has 17 heteroatoms. The number of alkyl halides is 3. The summed E-state index contributed by atoms with van der Waals surface area (Å²) in [6, 6.07) is 21.1. The highest BCUT2D eigenvalue weighted by molar-refractivity contribution is 8.00. The molecular weight excluding hydrogens is 836 g/mol. The average molecular weight is 885 g/mol. The van der Waals surface area contributed by atoms with Crippen LogP contribution in [0, 0.1) is 0 Å². The van der Waals surface area contributed by atoms with Crippen molar-refractivity contribution in [2.75, 3.05) is 10.6 Å². The van der Waals surface area contributed by atoms with Gasteiger partial charge in [0.15, 0.2) is 0 Å². The first-order valence-corrected chi connectivity index (χ1v) is 22.3. The number of sulfone groups is 1. The Kier molecular flexibility index (Phi) is 12.3. The van der Waals surface area contributed by atoms with Crippen LogP contribution < -0.4 is 16.1 Å². The molecule has 0 saturated carbocycles. The summed E-state index contributed by atoms with van der Waals surface area (Å²) in [6.07, 6.45) is -0.0448. The van der Waals surface area contributed by atoms with Crippen LogP contribution in [0.15, 0.2) is 97.3 Å². The fourth-order valence-electron chi connectivity index (χ4n) is 6.44. The highest BCUT2D eigenvalue weighted by Gasteiger charge is 2.52. The Morgan fingerprint density at radius 2 is 1.10 bits per heavy atom. The second-order valence-electron chi connectivity index (χ2n) is 17.6. The van der Waals surface area contributed by atoms with Gasteiger partial charge < -0.3 is 18.8 Å². The summed E-state index contributed by atoms with van der Waals surface area (Å²) < 4.78 is 86.1.